The molecule has 1 aliphatic rings. The van der Waals surface area contributed by atoms with Crippen molar-refractivity contribution in [3.05, 3.63) is 23.2 Å². The summed E-state index contributed by atoms with van der Waals surface area (Å²) in [4.78, 5) is 3.64. The van der Waals surface area contributed by atoms with Crippen LogP contribution in [0, 0.1) is 5.82 Å². The van der Waals surface area contributed by atoms with Crippen molar-refractivity contribution < 1.29 is 9.13 Å². The number of ether oxygens (including phenoxy) is 1. The first-order chi connectivity index (χ1) is 5.77. The fourth-order valence-electron chi connectivity index (χ4n) is 0.849. The number of hydrogen-bond acceptors (Lipinski definition) is 2. The number of halogens is 2. The van der Waals surface area contributed by atoms with Gasteiger partial charge in [-0.3, -0.25) is 4.98 Å². The van der Waals surface area contributed by atoms with Crippen LogP contribution in [0.15, 0.2) is 12.4 Å². The minimum atomic E-state index is -0.533. The van der Waals surface area contributed by atoms with E-state index < -0.39 is 5.82 Å². The standard InChI is InChI=1S/C8H7ClFNO/c9-8-6(10)3-11-4-7(8)12-5-1-2-5/h3-5H,1-2H2. The maximum Gasteiger partial charge on any atom is 0.163 e. The second-order valence-corrected chi connectivity index (χ2v) is 3.13. The molecule has 0 atom stereocenters. The number of nitrogens with zero attached hydrogens (tertiary/aromatic N) is 1. The minimum Gasteiger partial charge on any atom is -0.487 e. The Bertz CT molecular complexity index is 301. The summed E-state index contributed by atoms with van der Waals surface area (Å²) in [5.74, 6) is -0.186. The molecule has 1 aromatic heterocycles. The van der Waals surface area contributed by atoms with Gasteiger partial charge >= 0.3 is 0 Å². The molecule has 0 aromatic carbocycles. The summed E-state index contributed by atoms with van der Waals surface area (Å²) in [7, 11) is 0. The van der Waals surface area contributed by atoms with Gasteiger partial charge in [0.15, 0.2) is 11.6 Å². The van der Waals surface area contributed by atoms with E-state index in [1.165, 1.54) is 6.20 Å². The van der Waals surface area contributed by atoms with Gasteiger partial charge in [-0.2, -0.15) is 0 Å². The Morgan fingerprint density at radius 1 is 1.50 bits per heavy atom. The molecule has 0 amide bonds. The van der Waals surface area contributed by atoms with E-state index in [2.05, 4.69) is 4.98 Å². The third-order valence-electron chi connectivity index (χ3n) is 1.62. The molecule has 1 heterocycles. The van der Waals surface area contributed by atoms with Crippen molar-refractivity contribution in [3.63, 3.8) is 0 Å². The predicted molar refractivity (Wildman–Crippen MR) is 42.9 cm³/mol. The second-order valence-electron chi connectivity index (χ2n) is 2.75. The van der Waals surface area contributed by atoms with Gasteiger partial charge in [0, 0.05) is 0 Å². The molecule has 2 rings (SSSR count). The van der Waals surface area contributed by atoms with Crippen molar-refractivity contribution in [2.24, 2.45) is 0 Å². The molecule has 1 saturated carbocycles. The van der Waals surface area contributed by atoms with E-state index in [9.17, 15) is 4.39 Å². The SMILES string of the molecule is Fc1cncc(OC2CC2)c1Cl. The van der Waals surface area contributed by atoms with Crippen LogP contribution in [-0.4, -0.2) is 11.1 Å². The summed E-state index contributed by atoms with van der Waals surface area (Å²) in [5, 5.41) is 0.0249. The van der Waals surface area contributed by atoms with Crippen molar-refractivity contribution in [1.29, 1.82) is 0 Å². The lowest BCUT2D eigenvalue weighted by Gasteiger charge is -2.05. The van der Waals surface area contributed by atoms with Gasteiger partial charge in [0.1, 0.15) is 5.02 Å². The summed E-state index contributed by atoms with van der Waals surface area (Å²) < 4.78 is 18.1. The first-order valence-electron chi connectivity index (χ1n) is 3.73. The van der Waals surface area contributed by atoms with Gasteiger partial charge in [0.05, 0.1) is 18.5 Å². The van der Waals surface area contributed by atoms with Gasteiger partial charge in [-0.1, -0.05) is 11.6 Å². The highest BCUT2D eigenvalue weighted by molar-refractivity contribution is 6.32. The molecule has 1 aliphatic carbocycles. The lowest BCUT2D eigenvalue weighted by Crippen LogP contribution is -1.98. The first kappa shape index (κ1) is 7.80. The number of hydrogen-bond donors (Lipinski definition) is 0. The van der Waals surface area contributed by atoms with Crippen molar-refractivity contribution in [2.75, 3.05) is 0 Å². The Kier molecular flexibility index (Phi) is 1.89. The zero-order chi connectivity index (χ0) is 8.55. The Morgan fingerprint density at radius 2 is 2.25 bits per heavy atom. The highest BCUT2D eigenvalue weighted by Gasteiger charge is 2.25. The van der Waals surface area contributed by atoms with Crippen LogP contribution in [0.5, 0.6) is 5.75 Å². The maximum atomic E-state index is 12.8. The van der Waals surface area contributed by atoms with E-state index in [-0.39, 0.29) is 11.1 Å². The molecule has 1 aromatic rings. The van der Waals surface area contributed by atoms with Crippen LogP contribution in [0.3, 0.4) is 0 Å². The van der Waals surface area contributed by atoms with Gasteiger partial charge in [0.25, 0.3) is 0 Å². The van der Waals surface area contributed by atoms with Gasteiger partial charge in [-0.15, -0.1) is 0 Å². The summed E-state index contributed by atoms with van der Waals surface area (Å²) in [6, 6.07) is 0. The Morgan fingerprint density at radius 3 is 2.92 bits per heavy atom. The van der Waals surface area contributed by atoms with Crippen LogP contribution < -0.4 is 4.74 Å². The fraction of sp³-hybridized carbons (Fsp3) is 0.375. The molecular formula is C8H7ClFNO. The molecule has 12 heavy (non-hydrogen) atoms. The smallest absolute Gasteiger partial charge is 0.163 e. The summed E-state index contributed by atoms with van der Waals surface area (Å²) >= 11 is 5.63. The average molecular weight is 188 g/mol. The number of rotatable bonds is 2. The third-order valence-corrected chi connectivity index (χ3v) is 1.99. The fourth-order valence-corrected chi connectivity index (χ4v) is 0.991. The van der Waals surface area contributed by atoms with Crippen LogP contribution >= 0.6 is 11.6 Å². The van der Waals surface area contributed by atoms with Crippen LogP contribution in [0.4, 0.5) is 4.39 Å². The van der Waals surface area contributed by atoms with Crippen LogP contribution in [0.25, 0.3) is 0 Å². The van der Waals surface area contributed by atoms with E-state index >= 15 is 0 Å². The van der Waals surface area contributed by atoms with Crippen molar-refractivity contribution in [3.8, 4) is 5.75 Å². The largest absolute Gasteiger partial charge is 0.487 e. The molecule has 0 spiro atoms. The van der Waals surface area contributed by atoms with Gasteiger partial charge in [0.2, 0.25) is 0 Å². The van der Waals surface area contributed by atoms with Crippen LogP contribution in [-0.2, 0) is 0 Å². The van der Waals surface area contributed by atoms with Crippen molar-refractivity contribution in [2.45, 2.75) is 18.9 Å². The van der Waals surface area contributed by atoms with Gasteiger partial charge < -0.3 is 4.74 Å². The Balaban J connectivity index is 2.23. The molecule has 0 radical (unpaired) electrons. The first-order valence-corrected chi connectivity index (χ1v) is 4.11. The molecule has 2 nitrogen and oxygen atoms in total. The molecule has 0 unspecified atom stereocenters. The monoisotopic (exact) mass is 187 g/mol. The van der Waals surface area contributed by atoms with E-state index in [4.69, 9.17) is 16.3 Å². The van der Waals surface area contributed by atoms with Crippen LogP contribution in [0.2, 0.25) is 5.02 Å². The van der Waals surface area contributed by atoms with Crippen molar-refractivity contribution >= 4 is 11.6 Å². The highest BCUT2D eigenvalue weighted by Crippen LogP contribution is 2.32. The molecule has 4 heteroatoms. The summed E-state index contributed by atoms with van der Waals surface area (Å²) in [6.45, 7) is 0. The summed E-state index contributed by atoms with van der Waals surface area (Å²) in [5.41, 5.74) is 0. The lowest BCUT2D eigenvalue weighted by molar-refractivity contribution is 0.300. The van der Waals surface area contributed by atoms with E-state index in [1.54, 1.807) is 0 Å². The van der Waals surface area contributed by atoms with Crippen LogP contribution in [0.1, 0.15) is 12.8 Å². The van der Waals surface area contributed by atoms with E-state index in [1.807, 2.05) is 0 Å². The normalized spacial score (nSPS) is 16.2. The lowest BCUT2D eigenvalue weighted by atomic mass is 10.4. The average Bonchev–Trinajstić information content (AvgIpc) is 2.83. The Hall–Kier alpha value is -0.830. The molecule has 0 N–H and O–H groups in total. The molecule has 0 aliphatic heterocycles. The van der Waals surface area contributed by atoms with E-state index in [0.29, 0.717) is 5.75 Å². The summed E-state index contributed by atoms with van der Waals surface area (Å²) in [6.07, 6.45) is 4.76. The highest BCUT2D eigenvalue weighted by atomic mass is 35.5. The second kappa shape index (κ2) is 2.90. The zero-order valence-electron chi connectivity index (χ0n) is 6.26. The van der Waals surface area contributed by atoms with Crippen molar-refractivity contribution in [1.82, 2.24) is 4.98 Å². The third kappa shape index (κ3) is 1.50. The molecule has 0 saturated heterocycles. The number of aromatic nitrogens is 1. The Labute approximate surface area is 74.3 Å². The molecular weight excluding hydrogens is 181 g/mol. The van der Waals surface area contributed by atoms with E-state index in [0.717, 1.165) is 19.0 Å². The molecule has 0 bridgehead atoms. The minimum absolute atomic E-state index is 0.0249. The zero-order valence-corrected chi connectivity index (χ0v) is 7.01. The maximum absolute atomic E-state index is 12.8. The topological polar surface area (TPSA) is 22.1 Å². The van der Waals surface area contributed by atoms with Gasteiger partial charge in [-0.25, -0.2) is 4.39 Å². The molecule has 64 valence electrons. The quantitative estimate of drug-likeness (QED) is 0.710. The number of pyridine rings is 1. The van der Waals surface area contributed by atoms with Gasteiger partial charge in [-0.05, 0) is 12.8 Å². The predicted octanol–water partition coefficient (Wildman–Crippen LogP) is 2.42. The molecule has 1 fully saturated rings.